The lowest BCUT2D eigenvalue weighted by Crippen LogP contribution is -2.49. The number of hydrogen-bond donors (Lipinski definition) is 1. The first-order valence-corrected chi connectivity index (χ1v) is 7.78. The van der Waals surface area contributed by atoms with E-state index in [4.69, 9.17) is 0 Å². The van der Waals surface area contributed by atoms with Gasteiger partial charge in [0.1, 0.15) is 0 Å². The summed E-state index contributed by atoms with van der Waals surface area (Å²) in [5.41, 5.74) is 1.37. The van der Waals surface area contributed by atoms with Gasteiger partial charge in [-0.1, -0.05) is 6.07 Å². The Kier molecular flexibility index (Phi) is 4.52. The summed E-state index contributed by atoms with van der Waals surface area (Å²) in [7, 11) is 0. The fraction of sp³-hybridized carbons (Fsp3) is 0.353. The lowest BCUT2D eigenvalue weighted by atomic mass is 10.1. The van der Waals surface area contributed by atoms with E-state index < -0.39 is 0 Å². The fourth-order valence-electron chi connectivity index (χ4n) is 2.85. The molecule has 0 aliphatic carbocycles. The maximum Gasteiger partial charge on any atom is 0.255 e. The monoisotopic (exact) mass is 312 g/mol. The van der Waals surface area contributed by atoms with E-state index in [2.05, 4.69) is 21.8 Å². The first-order valence-electron chi connectivity index (χ1n) is 7.78. The maximum atomic E-state index is 12.4. The van der Waals surface area contributed by atoms with E-state index in [1.165, 1.54) is 12.3 Å². The van der Waals surface area contributed by atoms with Crippen LogP contribution < -0.4 is 5.56 Å². The summed E-state index contributed by atoms with van der Waals surface area (Å²) < 4.78 is 0. The third-order valence-corrected chi connectivity index (χ3v) is 4.30. The molecule has 0 unspecified atom stereocenters. The van der Waals surface area contributed by atoms with Crippen LogP contribution >= 0.6 is 0 Å². The van der Waals surface area contributed by atoms with Crippen LogP contribution in [-0.4, -0.2) is 51.9 Å². The summed E-state index contributed by atoms with van der Waals surface area (Å²) >= 11 is 0. The van der Waals surface area contributed by atoms with Crippen LogP contribution in [0.25, 0.3) is 0 Å². The van der Waals surface area contributed by atoms with Gasteiger partial charge in [-0.3, -0.25) is 19.5 Å². The number of aromatic nitrogens is 2. The van der Waals surface area contributed by atoms with Crippen LogP contribution in [0.2, 0.25) is 0 Å². The predicted molar refractivity (Wildman–Crippen MR) is 87.2 cm³/mol. The molecule has 0 radical (unpaired) electrons. The number of pyridine rings is 2. The normalized spacial score (nSPS) is 17.0. The van der Waals surface area contributed by atoms with E-state index >= 15 is 0 Å². The molecule has 1 aliphatic heterocycles. The zero-order valence-electron chi connectivity index (χ0n) is 13.1. The van der Waals surface area contributed by atoms with E-state index in [-0.39, 0.29) is 17.5 Å². The van der Waals surface area contributed by atoms with Crippen molar-refractivity contribution in [1.29, 1.82) is 0 Å². The van der Waals surface area contributed by atoms with Crippen LogP contribution in [0.4, 0.5) is 0 Å². The van der Waals surface area contributed by atoms with Crippen molar-refractivity contribution in [1.82, 2.24) is 19.8 Å². The van der Waals surface area contributed by atoms with E-state index in [0.29, 0.717) is 18.7 Å². The summed E-state index contributed by atoms with van der Waals surface area (Å²) in [6.07, 6.45) is 3.29. The number of H-pyrrole nitrogens is 1. The largest absolute Gasteiger partial charge is 0.336 e. The Bertz CT molecular complexity index is 700. The average molecular weight is 312 g/mol. The molecule has 1 N–H and O–H groups in total. The number of piperazine rings is 1. The van der Waals surface area contributed by atoms with Crippen molar-refractivity contribution < 1.29 is 4.79 Å². The Labute approximate surface area is 134 Å². The first kappa shape index (κ1) is 15.4. The standard InChI is InChI=1S/C17H20N4O2/c1-13(15-4-2-3-7-18-15)20-8-10-21(11-9-20)17(23)14-5-6-16(22)19-12-14/h2-7,12-13H,8-11H2,1H3,(H,19,22)/t13-/m0/s1. The van der Waals surface area contributed by atoms with E-state index in [9.17, 15) is 9.59 Å². The molecule has 0 aromatic carbocycles. The van der Waals surface area contributed by atoms with Gasteiger partial charge in [0.05, 0.1) is 11.3 Å². The molecular formula is C17H20N4O2. The van der Waals surface area contributed by atoms with Gasteiger partial charge >= 0.3 is 0 Å². The Hall–Kier alpha value is -2.47. The molecule has 1 fully saturated rings. The van der Waals surface area contributed by atoms with Crippen molar-refractivity contribution in [3.8, 4) is 0 Å². The van der Waals surface area contributed by atoms with Gasteiger partial charge in [-0.15, -0.1) is 0 Å². The number of carbonyl (C=O) groups is 1. The number of amides is 1. The summed E-state index contributed by atoms with van der Waals surface area (Å²) in [5.74, 6) is -0.0358. The quantitative estimate of drug-likeness (QED) is 0.927. The third-order valence-electron chi connectivity index (χ3n) is 4.30. The first-order chi connectivity index (χ1) is 11.1. The molecule has 1 saturated heterocycles. The van der Waals surface area contributed by atoms with Gasteiger partial charge in [-0.2, -0.15) is 0 Å². The molecule has 6 heteroatoms. The molecule has 1 aliphatic rings. The minimum Gasteiger partial charge on any atom is -0.336 e. The van der Waals surface area contributed by atoms with Gasteiger partial charge in [-0.05, 0) is 25.1 Å². The number of nitrogens with zero attached hydrogens (tertiary/aromatic N) is 3. The second-order valence-electron chi connectivity index (χ2n) is 5.70. The molecule has 120 valence electrons. The highest BCUT2D eigenvalue weighted by molar-refractivity contribution is 5.93. The topological polar surface area (TPSA) is 69.3 Å². The summed E-state index contributed by atoms with van der Waals surface area (Å²) in [6.45, 7) is 5.12. The molecule has 0 spiro atoms. The maximum absolute atomic E-state index is 12.4. The molecular weight excluding hydrogens is 292 g/mol. The number of carbonyl (C=O) groups excluding carboxylic acids is 1. The van der Waals surface area contributed by atoms with E-state index in [1.807, 2.05) is 29.3 Å². The third kappa shape index (κ3) is 3.48. The predicted octanol–water partition coefficient (Wildman–Crippen LogP) is 1.29. The SMILES string of the molecule is C[C@@H](c1ccccn1)N1CCN(C(=O)c2ccc(=O)[nH]c2)CC1. The van der Waals surface area contributed by atoms with Crippen LogP contribution in [0.5, 0.6) is 0 Å². The summed E-state index contributed by atoms with van der Waals surface area (Å²) in [5, 5.41) is 0. The van der Waals surface area contributed by atoms with Crippen molar-refractivity contribution >= 4 is 5.91 Å². The Morgan fingerprint density at radius 1 is 1.17 bits per heavy atom. The second kappa shape index (κ2) is 6.75. The van der Waals surface area contributed by atoms with Gasteiger partial charge in [0.2, 0.25) is 5.56 Å². The van der Waals surface area contributed by atoms with Crippen molar-refractivity contribution in [2.24, 2.45) is 0 Å². The minimum atomic E-state index is -0.199. The number of hydrogen-bond acceptors (Lipinski definition) is 4. The van der Waals surface area contributed by atoms with E-state index in [0.717, 1.165) is 18.8 Å². The molecule has 23 heavy (non-hydrogen) atoms. The Morgan fingerprint density at radius 3 is 2.57 bits per heavy atom. The molecule has 6 nitrogen and oxygen atoms in total. The lowest BCUT2D eigenvalue weighted by Gasteiger charge is -2.37. The highest BCUT2D eigenvalue weighted by atomic mass is 16.2. The van der Waals surface area contributed by atoms with Crippen LogP contribution in [0, 0.1) is 0 Å². The number of rotatable bonds is 3. The molecule has 1 atom stereocenters. The number of nitrogens with one attached hydrogen (secondary N) is 1. The average Bonchev–Trinajstić information content (AvgIpc) is 2.62. The molecule has 3 heterocycles. The van der Waals surface area contributed by atoms with Gasteiger partial charge in [-0.25, -0.2) is 0 Å². The van der Waals surface area contributed by atoms with Crippen molar-refractivity contribution in [2.75, 3.05) is 26.2 Å². The van der Waals surface area contributed by atoms with Gasteiger partial charge in [0.15, 0.2) is 0 Å². The lowest BCUT2D eigenvalue weighted by molar-refractivity contribution is 0.0578. The highest BCUT2D eigenvalue weighted by Crippen LogP contribution is 2.20. The zero-order chi connectivity index (χ0) is 16.2. The number of aromatic amines is 1. The Balaban J connectivity index is 1.61. The van der Waals surface area contributed by atoms with Crippen LogP contribution in [-0.2, 0) is 0 Å². The van der Waals surface area contributed by atoms with Crippen molar-refractivity contribution in [2.45, 2.75) is 13.0 Å². The molecule has 2 aromatic rings. The Morgan fingerprint density at radius 2 is 1.96 bits per heavy atom. The van der Waals surface area contributed by atoms with Gasteiger partial charge in [0, 0.05) is 50.7 Å². The zero-order valence-corrected chi connectivity index (χ0v) is 13.1. The van der Waals surface area contributed by atoms with Crippen LogP contribution in [0.3, 0.4) is 0 Å². The van der Waals surface area contributed by atoms with Gasteiger partial charge in [0.25, 0.3) is 5.91 Å². The molecule has 0 bridgehead atoms. The molecule has 2 aromatic heterocycles. The van der Waals surface area contributed by atoms with Crippen LogP contribution in [0.1, 0.15) is 29.0 Å². The highest BCUT2D eigenvalue weighted by Gasteiger charge is 2.25. The minimum absolute atomic E-state index is 0.0358. The second-order valence-corrected chi connectivity index (χ2v) is 5.70. The molecule has 1 amide bonds. The summed E-state index contributed by atoms with van der Waals surface area (Å²) in [4.78, 5) is 34.6. The van der Waals surface area contributed by atoms with Crippen LogP contribution in [0.15, 0.2) is 47.5 Å². The fourth-order valence-corrected chi connectivity index (χ4v) is 2.85. The molecule has 0 saturated carbocycles. The van der Waals surface area contributed by atoms with Crippen molar-refractivity contribution in [3.05, 3.63) is 64.3 Å². The van der Waals surface area contributed by atoms with Crippen molar-refractivity contribution in [3.63, 3.8) is 0 Å². The molecule has 3 rings (SSSR count). The smallest absolute Gasteiger partial charge is 0.255 e. The van der Waals surface area contributed by atoms with Gasteiger partial charge < -0.3 is 9.88 Å². The van der Waals surface area contributed by atoms with E-state index in [1.54, 1.807) is 6.07 Å². The summed E-state index contributed by atoms with van der Waals surface area (Å²) in [6, 6.07) is 9.13.